The predicted molar refractivity (Wildman–Crippen MR) is 75.8 cm³/mol. The van der Waals surface area contributed by atoms with Crippen LogP contribution in [0.15, 0.2) is 18.2 Å². The lowest BCUT2D eigenvalue weighted by Gasteiger charge is -2.32. The van der Waals surface area contributed by atoms with Crippen LogP contribution in [0.5, 0.6) is 5.75 Å². The third-order valence-corrected chi connectivity index (χ3v) is 3.80. The van der Waals surface area contributed by atoms with Gasteiger partial charge in [0.25, 0.3) is 0 Å². The van der Waals surface area contributed by atoms with Gasteiger partial charge in [0.05, 0.1) is 23.1 Å². The minimum absolute atomic E-state index is 0.202. The van der Waals surface area contributed by atoms with Gasteiger partial charge >= 0.3 is 7.12 Å². The fourth-order valence-electron chi connectivity index (χ4n) is 1.81. The maximum Gasteiger partial charge on any atom is 0.487 e. The largest absolute Gasteiger partial charge is 0.506 e. The second-order valence-corrected chi connectivity index (χ2v) is 5.88. The first kappa shape index (κ1) is 14.1. The molecule has 5 heteroatoms. The number of nitrogens with zero attached hydrogens (tertiary/aromatic N) is 1. The van der Waals surface area contributed by atoms with Crippen LogP contribution in [0.2, 0.25) is 0 Å². The van der Waals surface area contributed by atoms with E-state index < -0.39 is 0 Å². The molecule has 1 aromatic rings. The van der Waals surface area contributed by atoms with Crippen molar-refractivity contribution in [3.05, 3.63) is 29.5 Å². The molecule has 1 aromatic heterocycles. The fraction of sp³-hybridized carbons (Fsp3) is 0.500. The zero-order chi connectivity index (χ0) is 14.3. The first-order valence-corrected chi connectivity index (χ1v) is 6.41. The van der Waals surface area contributed by atoms with E-state index in [0.29, 0.717) is 0 Å². The van der Waals surface area contributed by atoms with E-state index in [-0.39, 0.29) is 24.1 Å². The Morgan fingerprint density at radius 2 is 1.79 bits per heavy atom. The average molecular weight is 261 g/mol. The van der Waals surface area contributed by atoms with Crippen LogP contribution >= 0.6 is 0 Å². The molecule has 0 aromatic carbocycles. The van der Waals surface area contributed by atoms with Gasteiger partial charge in [-0.25, -0.2) is 0 Å². The van der Waals surface area contributed by atoms with Crippen LogP contribution < -0.4 is 0 Å². The molecule has 0 spiro atoms. The van der Waals surface area contributed by atoms with Gasteiger partial charge in [0, 0.05) is 0 Å². The topological polar surface area (TPSA) is 51.6 Å². The number of hydrogen-bond donors (Lipinski definition) is 1. The number of rotatable bonds is 2. The van der Waals surface area contributed by atoms with Crippen molar-refractivity contribution < 1.29 is 14.4 Å². The van der Waals surface area contributed by atoms with Crippen LogP contribution in [-0.2, 0) is 9.31 Å². The number of pyridine rings is 1. The molecule has 102 valence electrons. The monoisotopic (exact) mass is 261 g/mol. The summed E-state index contributed by atoms with van der Waals surface area (Å²) in [5, 5.41) is 9.42. The predicted octanol–water partition coefficient (Wildman–Crippen LogP) is 2.74. The first-order chi connectivity index (χ1) is 8.71. The Labute approximate surface area is 114 Å². The van der Waals surface area contributed by atoms with Gasteiger partial charge < -0.3 is 14.4 Å². The Morgan fingerprint density at radius 3 is 2.32 bits per heavy atom. The summed E-state index contributed by atoms with van der Waals surface area (Å²) in [7, 11) is -0.374. The van der Waals surface area contributed by atoms with Crippen LogP contribution in [0.4, 0.5) is 0 Å². The summed E-state index contributed by atoms with van der Waals surface area (Å²) in [5.74, 6) is 2.04. The number of hydrogen-bond acceptors (Lipinski definition) is 4. The van der Waals surface area contributed by atoms with E-state index in [0.717, 1.165) is 11.3 Å². The highest BCUT2D eigenvalue weighted by Gasteiger charge is 2.49. The smallest absolute Gasteiger partial charge is 0.487 e. The Hall–Kier alpha value is -1.33. The van der Waals surface area contributed by atoms with Crippen molar-refractivity contribution in [3.8, 4) is 5.75 Å². The van der Waals surface area contributed by atoms with E-state index in [4.69, 9.17) is 9.31 Å². The summed E-state index contributed by atoms with van der Waals surface area (Å²) >= 11 is 0. The van der Waals surface area contributed by atoms with Crippen molar-refractivity contribution in [1.29, 1.82) is 0 Å². The van der Waals surface area contributed by atoms with Gasteiger partial charge in [-0.1, -0.05) is 5.98 Å². The standard InChI is InChI=1S/C14H20BNO3/c1-10-8-11(16-9-12(10)17)6-7-15-18-13(2,3)14(4,5)19-15/h6-9,17H,1-5H3/b7-6+. The van der Waals surface area contributed by atoms with Crippen molar-refractivity contribution in [3.63, 3.8) is 0 Å². The zero-order valence-corrected chi connectivity index (χ0v) is 12.1. The summed E-state index contributed by atoms with van der Waals surface area (Å²) in [5.41, 5.74) is 0.897. The lowest BCUT2D eigenvalue weighted by atomic mass is 9.89. The molecule has 1 saturated heterocycles. The van der Waals surface area contributed by atoms with Crippen LogP contribution in [0.1, 0.15) is 39.0 Å². The molecule has 0 aliphatic carbocycles. The van der Waals surface area contributed by atoms with Crippen LogP contribution in [0.3, 0.4) is 0 Å². The second-order valence-electron chi connectivity index (χ2n) is 5.88. The quantitative estimate of drug-likeness (QED) is 0.831. The third kappa shape index (κ3) is 2.82. The summed E-state index contributed by atoms with van der Waals surface area (Å²) < 4.78 is 11.7. The molecular formula is C14H20BNO3. The van der Waals surface area contributed by atoms with Gasteiger partial charge in [-0.05, 0) is 52.3 Å². The van der Waals surface area contributed by atoms with Crippen LogP contribution in [0, 0.1) is 6.92 Å². The molecule has 1 N–H and O–H groups in total. The minimum Gasteiger partial charge on any atom is -0.506 e. The number of aryl methyl sites for hydroxylation is 1. The SMILES string of the molecule is Cc1cc(/C=C/B2OC(C)(C)C(C)(C)O2)ncc1O. The van der Waals surface area contributed by atoms with Gasteiger partial charge in [0.15, 0.2) is 0 Å². The normalized spacial score (nSPS) is 21.2. The van der Waals surface area contributed by atoms with Gasteiger partial charge in [-0.3, -0.25) is 4.98 Å². The second kappa shape index (κ2) is 4.65. The van der Waals surface area contributed by atoms with Gasteiger partial charge in [0.1, 0.15) is 5.75 Å². The molecule has 0 atom stereocenters. The number of aromatic nitrogens is 1. The van der Waals surface area contributed by atoms with Gasteiger partial charge in [-0.2, -0.15) is 0 Å². The Balaban J connectivity index is 2.10. The summed E-state index contributed by atoms with van der Waals surface area (Å²) in [6.45, 7) is 9.91. The van der Waals surface area contributed by atoms with E-state index in [1.54, 1.807) is 0 Å². The molecule has 0 saturated carbocycles. The highest BCUT2D eigenvalue weighted by atomic mass is 16.7. The van der Waals surface area contributed by atoms with Gasteiger partial charge in [-0.15, -0.1) is 0 Å². The van der Waals surface area contributed by atoms with E-state index >= 15 is 0 Å². The van der Waals surface area contributed by atoms with E-state index in [2.05, 4.69) is 4.98 Å². The van der Waals surface area contributed by atoms with Crippen molar-refractivity contribution in [1.82, 2.24) is 4.98 Å². The molecule has 1 aliphatic rings. The van der Waals surface area contributed by atoms with Crippen molar-refractivity contribution in [2.45, 2.75) is 45.8 Å². The van der Waals surface area contributed by atoms with Gasteiger partial charge in [0.2, 0.25) is 0 Å². The van der Waals surface area contributed by atoms with Crippen LogP contribution in [0.25, 0.3) is 6.08 Å². The molecular weight excluding hydrogens is 241 g/mol. The molecule has 1 aliphatic heterocycles. The summed E-state index contributed by atoms with van der Waals surface area (Å²) in [4.78, 5) is 4.12. The van der Waals surface area contributed by atoms with Crippen LogP contribution in [-0.4, -0.2) is 28.4 Å². The van der Waals surface area contributed by atoms with E-state index in [1.807, 2.05) is 52.7 Å². The molecule has 1 fully saturated rings. The lowest BCUT2D eigenvalue weighted by molar-refractivity contribution is 0.00578. The fourth-order valence-corrected chi connectivity index (χ4v) is 1.81. The van der Waals surface area contributed by atoms with E-state index in [9.17, 15) is 5.11 Å². The van der Waals surface area contributed by atoms with E-state index in [1.165, 1.54) is 6.20 Å². The highest BCUT2D eigenvalue weighted by Crippen LogP contribution is 2.37. The first-order valence-electron chi connectivity index (χ1n) is 6.41. The minimum atomic E-state index is -0.374. The molecule has 0 radical (unpaired) electrons. The maximum absolute atomic E-state index is 9.42. The van der Waals surface area contributed by atoms with Crippen molar-refractivity contribution >= 4 is 13.2 Å². The van der Waals surface area contributed by atoms with Crippen molar-refractivity contribution in [2.75, 3.05) is 0 Å². The maximum atomic E-state index is 9.42. The van der Waals surface area contributed by atoms with Crippen molar-refractivity contribution in [2.24, 2.45) is 0 Å². The Bertz CT molecular complexity index is 495. The highest BCUT2D eigenvalue weighted by molar-refractivity contribution is 6.52. The Morgan fingerprint density at radius 1 is 1.21 bits per heavy atom. The molecule has 0 amide bonds. The molecule has 0 unspecified atom stereocenters. The molecule has 4 nitrogen and oxygen atoms in total. The molecule has 2 heterocycles. The molecule has 2 rings (SSSR count). The third-order valence-electron chi connectivity index (χ3n) is 3.80. The number of aromatic hydroxyl groups is 1. The Kier molecular flexibility index (Phi) is 3.45. The summed E-state index contributed by atoms with van der Waals surface area (Å²) in [6, 6.07) is 1.82. The zero-order valence-electron chi connectivity index (χ0n) is 12.1. The molecule has 0 bridgehead atoms. The lowest BCUT2D eigenvalue weighted by Crippen LogP contribution is -2.41. The average Bonchev–Trinajstić information content (AvgIpc) is 2.49. The summed E-state index contributed by atoms with van der Waals surface area (Å²) in [6.07, 6.45) is 3.29. The molecule has 19 heavy (non-hydrogen) atoms.